The first-order valence-electron chi connectivity index (χ1n) is 3.53. The van der Waals surface area contributed by atoms with Crippen LogP contribution in [-0.4, -0.2) is 21.8 Å². The van der Waals surface area contributed by atoms with Crippen molar-refractivity contribution in [3.8, 4) is 0 Å². The molecule has 1 rings (SSSR count). The van der Waals surface area contributed by atoms with Gasteiger partial charge in [0.2, 0.25) is 0 Å². The third-order valence-electron chi connectivity index (χ3n) is 1.53. The standard InChI is InChI=1S/C8H7FO4S.Na/c1-13-8(10)6-3-2-5(9)4-7(6)14(11)12;/h2-4H,1H3,(H,11,12);/q;+1/p-1. The Kier molecular flexibility index (Phi) is 6.23. The van der Waals surface area contributed by atoms with E-state index in [1.165, 1.54) is 0 Å². The van der Waals surface area contributed by atoms with Crippen molar-refractivity contribution in [1.29, 1.82) is 0 Å². The second-order valence-corrected chi connectivity index (χ2v) is 3.28. The van der Waals surface area contributed by atoms with E-state index in [0.717, 1.165) is 25.3 Å². The smallest absolute Gasteiger partial charge is 0.768 e. The van der Waals surface area contributed by atoms with Crippen LogP contribution in [0.25, 0.3) is 0 Å². The van der Waals surface area contributed by atoms with Crippen molar-refractivity contribution in [2.75, 3.05) is 7.11 Å². The molecule has 0 aliphatic heterocycles. The first-order chi connectivity index (χ1) is 6.56. The normalized spacial score (nSPS) is 11.4. The minimum atomic E-state index is -2.66. The molecule has 15 heavy (non-hydrogen) atoms. The van der Waals surface area contributed by atoms with Crippen LogP contribution < -0.4 is 29.6 Å². The molecule has 1 atom stereocenters. The number of hydrogen-bond donors (Lipinski definition) is 0. The zero-order chi connectivity index (χ0) is 10.7. The molecule has 0 saturated heterocycles. The van der Waals surface area contributed by atoms with Gasteiger partial charge in [0.25, 0.3) is 0 Å². The molecule has 0 fully saturated rings. The summed E-state index contributed by atoms with van der Waals surface area (Å²) in [5.41, 5.74) is -0.178. The van der Waals surface area contributed by atoms with E-state index in [4.69, 9.17) is 0 Å². The van der Waals surface area contributed by atoms with Crippen molar-refractivity contribution in [3.63, 3.8) is 0 Å². The maximum Gasteiger partial charge on any atom is 1.00 e. The van der Waals surface area contributed by atoms with Gasteiger partial charge >= 0.3 is 35.5 Å². The van der Waals surface area contributed by atoms with Crippen molar-refractivity contribution in [2.45, 2.75) is 4.90 Å². The van der Waals surface area contributed by atoms with Crippen LogP contribution >= 0.6 is 0 Å². The Morgan fingerprint density at radius 3 is 2.60 bits per heavy atom. The monoisotopic (exact) mass is 240 g/mol. The number of carbonyl (C=O) groups excluding carboxylic acids is 1. The Morgan fingerprint density at radius 1 is 1.53 bits per heavy atom. The van der Waals surface area contributed by atoms with Crippen LogP contribution in [0.4, 0.5) is 4.39 Å². The van der Waals surface area contributed by atoms with Gasteiger partial charge in [0.05, 0.1) is 12.7 Å². The Morgan fingerprint density at radius 2 is 2.13 bits per heavy atom. The topological polar surface area (TPSA) is 66.4 Å². The van der Waals surface area contributed by atoms with Gasteiger partial charge in [-0.25, -0.2) is 9.18 Å². The molecule has 0 aromatic heterocycles. The largest absolute Gasteiger partial charge is 1.00 e. The molecule has 0 aliphatic carbocycles. The molecule has 1 aromatic carbocycles. The van der Waals surface area contributed by atoms with E-state index in [1.54, 1.807) is 0 Å². The van der Waals surface area contributed by atoms with E-state index >= 15 is 0 Å². The molecule has 76 valence electrons. The minimum absolute atomic E-state index is 0. The molecule has 0 N–H and O–H groups in total. The number of ether oxygens (including phenoxy) is 1. The maximum atomic E-state index is 12.6. The quantitative estimate of drug-likeness (QED) is 0.336. The molecule has 0 heterocycles. The summed E-state index contributed by atoms with van der Waals surface area (Å²) in [6.07, 6.45) is 0. The maximum absolute atomic E-state index is 12.6. The van der Waals surface area contributed by atoms with E-state index in [2.05, 4.69) is 4.74 Å². The zero-order valence-electron chi connectivity index (χ0n) is 8.15. The summed E-state index contributed by atoms with van der Waals surface area (Å²) in [7, 11) is 1.11. The first kappa shape index (κ1) is 14.7. The third kappa shape index (κ3) is 3.66. The van der Waals surface area contributed by atoms with Gasteiger partial charge in [-0.1, -0.05) is 0 Å². The van der Waals surface area contributed by atoms with Gasteiger partial charge < -0.3 is 9.29 Å². The van der Waals surface area contributed by atoms with Crippen LogP contribution in [0.3, 0.4) is 0 Å². The third-order valence-corrected chi connectivity index (χ3v) is 2.23. The summed E-state index contributed by atoms with van der Waals surface area (Å²) >= 11 is -2.66. The molecule has 1 unspecified atom stereocenters. The summed E-state index contributed by atoms with van der Waals surface area (Å²) in [6, 6.07) is 2.81. The number of methoxy groups -OCH3 is 1. The predicted molar refractivity (Wildman–Crippen MR) is 44.9 cm³/mol. The van der Waals surface area contributed by atoms with Crippen LogP contribution in [0.1, 0.15) is 10.4 Å². The molecule has 4 nitrogen and oxygen atoms in total. The molecule has 0 saturated carbocycles. The molecule has 7 heteroatoms. The van der Waals surface area contributed by atoms with Crippen LogP contribution in [0.5, 0.6) is 0 Å². The second-order valence-electron chi connectivity index (χ2n) is 2.37. The Bertz CT molecular complexity index is 396. The molecule has 0 radical (unpaired) electrons. The summed E-state index contributed by atoms with van der Waals surface area (Å²) in [4.78, 5) is 10.6. The van der Waals surface area contributed by atoms with E-state index in [0.29, 0.717) is 0 Å². The van der Waals surface area contributed by atoms with Gasteiger partial charge in [0.1, 0.15) is 5.82 Å². The molecule has 1 aromatic rings. The molecular weight excluding hydrogens is 234 g/mol. The summed E-state index contributed by atoms with van der Waals surface area (Å²) in [5, 5.41) is 0. The van der Waals surface area contributed by atoms with Gasteiger partial charge in [-0.05, 0) is 29.3 Å². The Balaban J connectivity index is 0.00000196. The molecule has 0 bridgehead atoms. The van der Waals surface area contributed by atoms with Crippen molar-refractivity contribution < 1.29 is 52.2 Å². The summed E-state index contributed by atoms with van der Waals surface area (Å²) in [6.45, 7) is 0. The zero-order valence-corrected chi connectivity index (χ0v) is 11.0. The Hall–Kier alpha value is -0.270. The van der Waals surface area contributed by atoms with E-state index < -0.39 is 27.8 Å². The molecule has 0 spiro atoms. The van der Waals surface area contributed by atoms with Crippen LogP contribution in [0.15, 0.2) is 23.1 Å². The Labute approximate surface area is 110 Å². The van der Waals surface area contributed by atoms with Gasteiger partial charge in [0, 0.05) is 4.90 Å². The number of esters is 1. The molecule has 0 amide bonds. The average molecular weight is 240 g/mol. The predicted octanol–water partition coefficient (Wildman–Crippen LogP) is -2.15. The van der Waals surface area contributed by atoms with Gasteiger partial charge in [-0.2, -0.15) is 0 Å². The van der Waals surface area contributed by atoms with Crippen molar-refractivity contribution >= 4 is 17.0 Å². The van der Waals surface area contributed by atoms with Crippen molar-refractivity contribution in [1.82, 2.24) is 0 Å². The number of carbonyl (C=O) groups is 1. The fraction of sp³-hybridized carbons (Fsp3) is 0.125. The van der Waals surface area contributed by atoms with E-state index in [1.807, 2.05) is 0 Å². The number of hydrogen-bond acceptors (Lipinski definition) is 4. The van der Waals surface area contributed by atoms with Crippen molar-refractivity contribution in [2.24, 2.45) is 0 Å². The number of halogens is 1. The van der Waals surface area contributed by atoms with Gasteiger partial charge in [-0.15, -0.1) is 0 Å². The average Bonchev–Trinajstić information content (AvgIpc) is 2.16. The fourth-order valence-corrected chi connectivity index (χ4v) is 1.45. The second kappa shape index (κ2) is 6.34. The van der Waals surface area contributed by atoms with Crippen LogP contribution in [0, 0.1) is 5.82 Å². The van der Waals surface area contributed by atoms with E-state index in [-0.39, 0.29) is 35.1 Å². The SMILES string of the molecule is COC(=O)c1ccc(F)cc1S(=O)[O-].[Na+]. The summed E-state index contributed by atoms with van der Waals surface area (Å²) < 4.78 is 38.2. The minimum Gasteiger partial charge on any atom is -0.768 e. The molecule has 0 aliphatic rings. The van der Waals surface area contributed by atoms with Gasteiger partial charge in [0.15, 0.2) is 0 Å². The van der Waals surface area contributed by atoms with Crippen LogP contribution in [0.2, 0.25) is 0 Å². The summed E-state index contributed by atoms with van der Waals surface area (Å²) in [5.74, 6) is -1.54. The number of rotatable bonds is 2. The molecular formula is C8H6FNaO4S. The van der Waals surface area contributed by atoms with Gasteiger partial charge in [-0.3, -0.25) is 4.21 Å². The first-order valence-corrected chi connectivity index (χ1v) is 4.61. The number of benzene rings is 1. The van der Waals surface area contributed by atoms with E-state index in [9.17, 15) is 17.9 Å². The fourth-order valence-electron chi connectivity index (χ4n) is 0.913. The van der Waals surface area contributed by atoms with Crippen LogP contribution in [-0.2, 0) is 15.8 Å². The van der Waals surface area contributed by atoms with Crippen molar-refractivity contribution in [3.05, 3.63) is 29.6 Å².